The van der Waals surface area contributed by atoms with Crippen LogP contribution < -0.4 is 21.7 Å². The number of likely N-dealkylation sites (tertiary alicyclic amines) is 1. The Morgan fingerprint density at radius 2 is 1.54 bits per heavy atom. The zero-order valence-corrected chi connectivity index (χ0v) is 28.3. The van der Waals surface area contributed by atoms with Gasteiger partial charge in [-0.15, -0.1) is 0 Å². The lowest BCUT2D eigenvalue weighted by molar-refractivity contribution is -0.144. The zero-order chi connectivity index (χ0) is 33.6. The second-order valence-corrected chi connectivity index (χ2v) is 15.3. The molecule has 5 N–H and O–H groups in total. The van der Waals surface area contributed by atoms with Crippen molar-refractivity contribution in [2.75, 3.05) is 6.54 Å². The van der Waals surface area contributed by atoms with Crippen LogP contribution in [0.5, 0.6) is 0 Å². The fourth-order valence-electron chi connectivity index (χ4n) is 7.34. The molecule has 2 aliphatic carbocycles. The Bertz CT molecular complexity index is 1230. The van der Waals surface area contributed by atoms with E-state index in [0.29, 0.717) is 31.7 Å². The van der Waals surface area contributed by atoms with Gasteiger partial charge in [-0.1, -0.05) is 97.1 Å². The molecule has 1 heterocycles. The average Bonchev–Trinajstić information content (AvgIpc) is 3.71. The van der Waals surface area contributed by atoms with Crippen molar-refractivity contribution >= 4 is 29.5 Å². The molecule has 5 amide bonds. The van der Waals surface area contributed by atoms with E-state index in [1.807, 2.05) is 52.8 Å². The number of hydrogen-bond donors (Lipinski definition) is 4. The smallest absolute Gasteiger partial charge is 0.315 e. The van der Waals surface area contributed by atoms with Crippen LogP contribution in [0.15, 0.2) is 30.3 Å². The third kappa shape index (κ3) is 9.32. The Morgan fingerprint density at radius 3 is 2.11 bits per heavy atom. The summed E-state index contributed by atoms with van der Waals surface area (Å²) >= 11 is 0. The number of hydrogen-bond acceptors (Lipinski definition) is 5. The van der Waals surface area contributed by atoms with Crippen LogP contribution in [0, 0.1) is 29.1 Å². The van der Waals surface area contributed by atoms with Crippen LogP contribution in [0.25, 0.3) is 0 Å². The molecule has 0 radical (unpaired) electrons. The van der Waals surface area contributed by atoms with E-state index in [-0.39, 0.29) is 29.7 Å². The Morgan fingerprint density at radius 1 is 0.891 bits per heavy atom. The first kappa shape index (κ1) is 35.4. The molecule has 1 aliphatic heterocycles. The van der Waals surface area contributed by atoms with Crippen molar-refractivity contribution < 1.29 is 24.0 Å². The van der Waals surface area contributed by atoms with Crippen molar-refractivity contribution in [1.29, 1.82) is 0 Å². The van der Waals surface area contributed by atoms with E-state index in [0.717, 1.165) is 44.1 Å². The van der Waals surface area contributed by atoms with Crippen LogP contribution in [0.2, 0.25) is 0 Å². The minimum atomic E-state index is -1.08. The van der Waals surface area contributed by atoms with E-state index in [1.165, 1.54) is 6.42 Å². The van der Waals surface area contributed by atoms with Gasteiger partial charge in [0.15, 0.2) is 0 Å². The van der Waals surface area contributed by atoms with Crippen LogP contribution in [0.4, 0.5) is 4.79 Å². The number of urea groups is 1. The fourth-order valence-corrected chi connectivity index (χ4v) is 7.34. The third-order valence-electron chi connectivity index (χ3n) is 10.2. The summed E-state index contributed by atoms with van der Waals surface area (Å²) in [5, 5.41) is 9.05. The molecular weight excluding hydrogens is 582 g/mol. The summed E-state index contributed by atoms with van der Waals surface area (Å²) in [7, 11) is 0. The molecule has 1 aromatic rings. The molecule has 0 spiro atoms. The van der Waals surface area contributed by atoms with Gasteiger partial charge in [-0.3, -0.25) is 19.2 Å². The molecule has 3 fully saturated rings. The van der Waals surface area contributed by atoms with Crippen LogP contribution in [-0.4, -0.2) is 65.1 Å². The number of rotatable bonds is 13. The molecule has 10 heteroatoms. The number of amides is 5. The Labute approximate surface area is 274 Å². The minimum Gasteiger partial charge on any atom is -0.363 e. The lowest BCUT2D eigenvalue weighted by Crippen LogP contribution is -2.61. The predicted molar refractivity (Wildman–Crippen MR) is 177 cm³/mol. The van der Waals surface area contributed by atoms with Gasteiger partial charge in [0.2, 0.25) is 17.6 Å². The standard InChI is InChI=1S/C36H55N5O5/c1-22(2)26-18-19-41(29(26)33(44)38-28(21-24-16-17-24)30(42)32(37)43)34(45)31(36(3,4)5)40-35(46)39-27(25-14-10-7-11-15-25)20-23-12-8-6-9-13-23/h6,8-9,12-13,22,24-29,31H,7,10-11,14-21H2,1-5H3,(H2,37,43)(H,38,44)(H2,39,40,46)/t26-,27-,28?,29+,31-/m1/s1. The highest BCUT2D eigenvalue weighted by Gasteiger charge is 2.48. The molecule has 5 atom stereocenters. The van der Waals surface area contributed by atoms with Crippen molar-refractivity contribution in [2.24, 2.45) is 34.8 Å². The van der Waals surface area contributed by atoms with Gasteiger partial charge in [-0.2, -0.15) is 0 Å². The summed E-state index contributed by atoms with van der Waals surface area (Å²) < 4.78 is 0. The van der Waals surface area contributed by atoms with E-state index >= 15 is 0 Å². The number of nitrogens with zero attached hydrogens (tertiary/aromatic N) is 1. The first-order chi connectivity index (χ1) is 21.8. The van der Waals surface area contributed by atoms with E-state index in [1.54, 1.807) is 4.90 Å². The molecule has 1 aromatic carbocycles. The number of benzene rings is 1. The van der Waals surface area contributed by atoms with E-state index in [9.17, 15) is 24.0 Å². The van der Waals surface area contributed by atoms with Gasteiger partial charge >= 0.3 is 6.03 Å². The van der Waals surface area contributed by atoms with Crippen molar-refractivity contribution in [3.05, 3.63) is 35.9 Å². The Kier molecular flexibility index (Phi) is 11.9. The molecule has 4 rings (SSSR count). The van der Waals surface area contributed by atoms with Crippen molar-refractivity contribution in [2.45, 2.75) is 123 Å². The summed E-state index contributed by atoms with van der Waals surface area (Å²) in [5.74, 6) is -2.12. The van der Waals surface area contributed by atoms with Crippen LogP contribution in [0.1, 0.15) is 98.0 Å². The molecule has 2 saturated carbocycles. The maximum atomic E-state index is 14.4. The number of Topliss-reactive ketones (excluding diaryl/α,β-unsaturated/α-hetero) is 1. The van der Waals surface area contributed by atoms with Crippen molar-refractivity contribution in [3.8, 4) is 0 Å². The van der Waals surface area contributed by atoms with Crippen molar-refractivity contribution in [1.82, 2.24) is 20.9 Å². The number of nitrogens with one attached hydrogen (secondary N) is 3. The van der Waals surface area contributed by atoms with Gasteiger partial charge in [-0.05, 0) is 66.8 Å². The van der Waals surface area contributed by atoms with E-state index in [4.69, 9.17) is 5.73 Å². The third-order valence-corrected chi connectivity index (χ3v) is 10.2. The van der Waals surface area contributed by atoms with Gasteiger partial charge in [0.05, 0.1) is 6.04 Å². The minimum absolute atomic E-state index is 0.0692. The van der Waals surface area contributed by atoms with Crippen LogP contribution >= 0.6 is 0 Å². The summed E-state index contributed by atoms with van der Waals surface area (Å²) in [6.45, 7) is 10.1. The Balaban J connectivity index is 1.52. The first-order valence-electron chi connectivity index (χ1n) is 17.3. The van der Waals surface area contributed by atoms with E-state index < -0.39 is 47.2 Å². The number of primary amides is 1. The first-order valence-corrected chi connectivity index (χ1v) is 17.3. The van der Waals surface area contributed by atoms with Gasteiger partial charge < -0.3 is 26.6 Å². The maximum absolute atomic E-state index is 14.4. The second kappa shape index (κ2) is 15.4. The molecule has 1 saturated heterocycles. The maximum Gasteiger partial charge on any atom is 0.315 e. The topological polar surface area (TPSA) is 151 Å². The van der Waals surface area contributed by atoms with Crippen LogP contribution in [0.3, 0.4) is 0 Å². The van der Waals surface area contributed by atoms with Gasteiger partial charge in [0.1, 0.15) is 12.1 Å². The molecule has 46 heavy (non-hydrogen) atoms. The normalized spacial score (nSPS) is 22.5. The fraction of sp³-hybridized carbons (Fsp3) is 0.694. The summed E-state index contributed by atoms with van der Waals surface area (Å²) in [4.78, 5) is 67.9. The highest BCUT2D eigenvalue weighted by Crippen LogP contribution is 2.36. The number of ketones is 1. The monoisotopic (exact) mass is 637 g/mol. The van der Waals surface area contributed by atoms with Crippen LogP contribution in [-0.2, 0) is 25.6 Å². The number of carbonyl (C=O) groups is 5. The van der Waals surface area contributed by atoms with Gasteiger partial charge in [-0.25, -0.2) is 4.79 Å². The molecule has 1 unspecified atom stereocenters. The molecule has 0 bridgehead atoms. The van der Waals surface area contributed by atoms with E-state index in [2.05, 4.69) is 28.1 Å². The summed E-state index contributed by atoms with van der Waals surface area (Å²) in [6, 6.07) is 6.95. The molecule has 10 nitrogen and oxygen atoms in total. The van der Waals surface area contributed by atoms with Gasteiger partial charge in [0, 0.05) is 12.6 Å². The molecular formula is C36H55N5O5. The zero-order valence-electron chi connectivity index (χ0n) is 28.3. The average molecular weight is 638 g/mol. The highest BCUT2D eigenvalue weighted by molar-refractivity contribution is 6.37. The molecule has 254 valence electrons. The lowest BCUT2D eigenvalue weighted by Gasteiger charge is -2.38. The van der Waals surface area contributed by atoms with Gasteiger partial charge in [0.25, 0.3) is 5.91 Å². The predicted octanol–water partition coefficient (Wildman–Crippen LogP) is 4.10. The number of nitrogens with two attached hydrogens (primary N) is 1. The largest absolute Gasteiger partial charge is 0.363 e. The Hall–Kier alpha value is -3.43. The molecule has 3 aliphatic rings. The summed E-state index contributed by atoms with van der Waals surface area (Å²) in [5.41, 5.74) is 5.83. The lowest BCUT2D eigenvalue weighted by atomic mass is 9.81. The number of carbonyl (C=O) groups excluding carboxylic acids is 5. The van der Waals surface area contributed by atoms with Crippen molar-refractivity contribution in [3.63, 3.8) is 0 Å². The molecule has 0 aromatic heterocycles. The second-order valence-electron chi connectivity index (χ2n) is 15.3. The quantitative estimate of drug-likeness (QED) is 0.240. The summed E-state index contributed by atoms with van der Waals surface area (Å²) in [6.07, 6.45) is 9.17. The SMILES string of the molecule is CC(C)[C@H]1CCN(C(=O)[C@@H](NC(=O)N[C@H](Cc2ccccc2)C2CCCCC2)C(C)(C)C)[C@@H]1C(=O)NC(CC1CC1)C(=O)C(N)=O. The highest BCUT2D eigenvalue weighted by atomic mass is 16.2.